The lowest BCUT2D eigenvalue weighted by atomic mass is 10.5. The number of imidazole rings is 1. The fraction of sp³-hybridized carbons (Fsp3) is 0.333. The van der Waals surface area contributed by atoms with Crippen molar-refractivity contribution in [3.05, 3.63) is 38.8 Å². The molecule has 21 heavy (non-hydrogen) atoms. The quantitative estimate of drug-likeness (QED) is 0.725. The fourth-order valence-corrected chi connectivity index (χ4v) is 1.91. The SMILES string of the molecule is C=C(Cl)COC(=O)Cn1cnc2c1c(=O)n(C)c(=O)n2C. The first-order valence-corrected chi connectivity index (χ1v) is 6.30. The van der Waals surface area contributed by atoms with E-state index < -0.39 is 17.2 Å². The second-order valence-electron chi connectivity index (χ2n) is 4.43. The average molecular weight is 313 g/mol. The van der Waals surface area contributed by atoms with Gasteiger partial charge in [0.15, 0.2) is 11.2 Å². The molecule has 2 rings (SSSR count). The Labute approximate surface area is 123 Å². The Hall–Kier alpha value is -2.35. The molecule has 0 aromatic carbocycles. The second-order valence-corrected chi connectivity index (χ2v) is 4.96. The highest BCUT2D eigenvalue weighted by atomic mass is 35.5. The Balaban J connectivity index is 2.43. The van der Waals surface area contributed by atoms with Crippen molar-refractivity contribution in [3.8, 4) is 0 Å². The number of carbonyl (C=O) groups excluding carboxylic acids is 1. The van der Waals surface area contributed by atoms with E-state index in [0.29, 0.717) is 0 Å². The zero-order chi connectivity index (χ0) is 15.7. The van der Waals surface area contributed by atoms with Crippen LogP contribution in [0.3, 0.4) is 0 Å². The number of halogens is 1. The lowest BCUT2D eigenvalue weighted by Crippen LogP contribution is -2.37. The van der Waals surface area contributed by atoms with Crippen LogP contribution in [0.1, 0.15) is 0 Å². The van der Waals surface area contributed by atoms with Gasteiger partial charge in [-0.1, -0.05) is 18.2 Å². The van der Waals surface area contributed by atoms with Gasteiger partial charge in [0.25, 0.3) is 5.56 Å². The molecule has 0 fully saturated rings. The van der Waals surface area contributed by atoms with E-state index in [1.807, 2.05) is 0 Å². The monoisotopic (exact) mass is 312 g/mol. The van der Waals surface area contributed by atoms with Gasteiger partial charge in [0.2, 0.25) is 0 Å². The van der Waals surface area contributed by atoms with E-state index in [0.717, 1.165) is 4.57 Å². The molecule has 2 aromatic rings. The molecule has 0 spiro atoms. The van der Waals surface area contributed by atoms with Crippen molar-refractivity contribution >= 4 is 28.7 Å². The summed E-state index contributed by atoms with van der Waals surface area (Å²) in [6.07, 6.45) is 1.31. The number of carbonyl (C=O) groups is 1. The summed E-state index contributed by atoms with van der Waals surface area (Å²) in [5.41, 5.74) is -0.655. The number of aromatic nitrogens is 4. The molecule has 0 N–H and O–H groups in total. The molecule has 9 heteroatoms. The molecule has 0 amide bonds. The molecule has 2 aromatic heterocycles. The highest BCUT2D eigenvalue weighted by Gasteiger charge is 2.16. The van der Waals surface area contributed by atoms with Crippen LogP contribution in [0.4, 0.5) is 0 Å². The van der Waals surface area contributed by atoms with Gasteiger partial charge in [0.1, 0.15) is 13.2 Å². The molecule has 0 atom stereocenters. The maximum absolute atomic E-state index is 12.1. The van der Waals surface area contributed by atoms with Crippen molar-refractivity contribution in [2.75, 3.05) is 6.61 Å². The zero-order valence-corrected chi connectivity index (χ0v) is 12.3. The molecule has 112 valence electrons. The van der Waals surface area contributed by atoms with E-state index in [-0.39, 0.29) is 29.3 Å². The summed E-state index contributed by atoms with van der Waals surface area (Å²) in [5.74, 6) is -0.591. The maximum atomic E-state index is 12.1. The van der Waals surface area contributed by atoms with E-state index in [9.17, 15) is 14.4 Å². The molecule has 2 heterocycles. The van der Waals surface area contributed by atoms with Crippen LogP contribution in [0.15, 0.2) is 27.5 Å². The van der Waals surface area contributed by atoms with Crippen molar-refractivity contribution < 1.29 is 9.53 Å². The van der Waals surface area contributed by atoms with Crippen molar-refractivity contribution in [2.24, 2.45) is 14.1 Å². The van der Waals surface area contributed by atoms with Gasteiger partial charge in [-0.05, 0) is 0 Å². The number of hydrogen-bond acceptors (Lipinski definition) is 5. The Morgan fingerprint density at radius 2 is 2.05 bits per heavy atom. The molecule has 0 saturated carbocycles. The Bertz CT molecular complexity index is 845. The van der Waals surface area contributed by atoms with E-state index >= 15 is 0 Å². The van der Waals surface area contributed by atoms with Gasteiger partial charge in [-0.15, -0.1) is 0 Å². The largest absolute Gasteiger partial charge is 0.459 e. The zero-order valence-electron chi connectivity index (χ0n) is 11.5. The summed E-state index contributed by atoms with van der Waals surface area (Å²) in [7, 11) is 2.86. The summed E-state index contributed by atoms with van der Waals surface area (Å²) in [5, 5.41) is 0.192. The van der Waals surface area contributed by atoms with Crippen LogP contribution in [0.5, 0.6) is 0 Å². The number of hydrogen-bond donors (Lipinski definition) is 0. The van der Waals surface area contributed by atoms with Crippen LogP contribution in [-0.4, -0.2) is 31.3 Å². The average Bonchev–Trinajstić information content (AvgIpc) is 2.84. The van der Waals surface area contributed by atoms with Crippen LogP contribution in [0.25, 0.3) is 11.2 Å². The first kappa shape index (κ1) is 15.0. The summed E-state index contributed by atoms with van der Waals surface area (Å²) < 4.78 is 8.37. The Morgan fingerprint density at radius 1 is 1.38 bits per heavy atom. The number of fused-ring (bicyclic) bond motifs is 1. The first-order valence-electron chi connectivity index (χ1n) is 5.92. The minimum absolute atomic E-state index is 0.108. The minimum Gasteiger partial charge on any atom is -0.459 e. The normalized spacial score (nSPS) is 10.8. The summed E-state index contributed by atoms with van der Waals surface area (Å²) >= 11 is 5.50. The predicted molar refractivity (Wildman–Crippen MR) is 76.2 cm³/mol. The molecule has 0 saturated heterocycles. The molecule has 0 aliphatic carbocycles. The first-order chi connectivity index (χ1) is 9.82. The lowest BCUT2D eigenvalue weighted by Gasteiger charge is -2.06. The number of nitrogens with zero attached hydrogens (tertiary/aromatic N) is 4. The van der Waals surface area contributed by atoms with Gasteiger partial charge in [0.05, 0.1) is 6.33 Å². The van der Waals surface area contributed by atoms with Crippen molar-refractivity contribution in [2.45, 2.75) is 6.54 Å². The summed E-state index contributed by atoms with van der Waals surface area (Å²) in [4.78, 5) is 39.6. The topological polar surface area (TPSA) is 88.1 Å². The smallest absolute Gasteiger partial charge is 0.332 e. The van der Waals surface area contributed by atoms with Gasteiger partial charge in [-0.25, -0.2) is 9.78 Å². The van der Waals surface area contributed by atoms with Gasteiger partial charge in [-0.3, -0.25) is 18.7 Å². The second kappa shape index (κ2) is 5.57. The van der Waals surface area contributed by atoms with E-state index in [4.69, 9.17) is 16.3 Å². The molecule has 0 aliphatic rings. The molecular weight excluding hydrogens is 300 g/mol. The van der Waals surface area contributed by atoms with Crippen LogP contribution in [0, 0.1) is 0 Å². The third kappa shape index (κ3) is 2.75. The van der Waals surface area contributed by atoms with Crippen molar-refractivity contribution in [1.29, 1.82) is 0 Å². The molecule has 0 radical (unpaired) electrons. The van der Waals surface area contributed by atoms with Crippen LogP contribution < -0.4 is 11.2 Å². The highest BCUT2D eigenvalue weighted by Crippen LogP contribution is 2.06. The lowest BCUT2D eigenvalue weighted by molar-refractivity contribution is -0.143. The van der Waals surface area contributed by atoms with Crippen LogP contribution >= 0.6 is 11.6 Å². The van der Waals surface area contributed by atoms with Crippen molar-refractivity contribution in [3.63, 3.8) is 0 Å². The predicted octanol–water partition coefficient (Wildman–Crippen LogP) is -0.271. The van der Waals surface area contributed by atoms with E-state index in [1.165, 1.54) is 29.6 Å². The molecule has 0 aliphatic heterocycles. The van der Waals surface area contributed by atoms with Crippen LogP contribution in [-0.2, 0) is 30.2 Å². The molecule has 0 unspecified atom stereocenters. The number of aryl methyl sites for hydroxylation is 1. The molecular formula is C12H13ClN4O4. The summed E-state index contributed by atoms with van der Waals surface area (Å²) in [6.45, 7) is 3.08. The number of ether oxygens (including phenoxy) is 1. The Morgan fingerprint density at radius 3 is 2.67 bits per heavy atom. The van der Waals surface area contributed by atoms with Gasteiger partial charge < -0.3 is 9.30 Å². The van der Waals surface area contributed by atoms with Crippen LogP contribution in [0.2, 0.25) is 0 Å². The summed E-state index contributed by atoms with van der Waals surface area (Å²) in [6, 6.07) is 0. The fourth-order valence-electron chi connectivity index (χ4n) is 1.86. The maximum Gasteiger partial charge on any atom is 0.332 e. The number of esters is 1. The highest BCUT2D eigenvalue weighted by molar-refractivity contribution is 6.29. The third-order valence-electron chi connectivity index (χ3n) is 2.91. The molecule has 8 nitrogen and oxygen atoms in total. The van der Waals surface area contributed by atoms with Gasteiger partial charge in [-0.2, -0.15) is 0 Å². The van der Waals surface area contributed by atoms with E-state index in [1.54, 1.807) is 0 Å². The van der Waals surface area contributed by atoms with Gasteiger partial charge in [0, 0.05) is 19.1 Å². The van der Waals surface area contributed by atoms with Crippen molar-refractivity contribution in [1.82, 2.24) is 18.7 Å². The third-order valence-corrected chi connectivity index (χ3v) is 3.02. The minimum atomic E-state index is -0.591. The molecule has 0 bridgehead atoms. The standard InChI is InChI=1S/C12H13ClN4O4/c1-7(13)5-21-8(18)4-17-6-14-10-9(17)11(19)16(3)12(20)15(10)2/h6H,1,4-5H2,2-3H3. The van der Waals surface area contributed by atoms with E-state index in [2.05, 4.69) is 11.6 Å². The van der Waals surface area contributed by atoms with Gasteiger partial charge >= 0.3 is 11.7 Å². The Kier molecular flexibility index (Phi) is 3.99. The number of rotatable bonds is 4.